The zero-order chi connectivity index (χ0) is 15.7. The molecule has 0 radical (unpaired) electrons. The average Bonchev–Trinajstić information content (AvgIpc) is 2.50. The van der Waals surface area contributed by atoms with Crippen molar-refractivity contribution in [1.82, 2.24) is 5.32 Å². The van der Waals surface area contributed by atoms with Gasteiger partial charge < -0.3 is 14.8 Å². The van der Waals surface area contributed by atoms with Crippen molar-refractivity contribution in [1.29, 1.82) is 0 Å². The minimum absolute atomic E-state index is 0.373. The maximum absolute atomic E-state index is 6.22. The number of hydrogen-bond acceptors (Lipinski definition) is 3. The van der Waals surface area contributed by atoms with Crippen molar-refractivity contribution in [3.8, 4) is 0 Å². The van der Waals surface area contributed by atoms with Crippen LogP contribution in [0.2, 0.25) is 0 Å². The lowest BCUT2D eigenvalue weighted by molar-refractivity contribution is -0.0357. The molecule has 0 aliphatic heterocycles. The van der Waals surface area contributed by atoms with Crippen LogP contribution in [0.25, 0.3) is 0 Å². The SMILES string of the molecule is CCCNC1CCC(C(C)(C)CC)CC1OCCCOC. The van der Waals surface area contributed by atoms with Crippen molar-refractivity contribution in [2.45, 2.75) is 78.4 Å². The van der Waals surface area contributed by atoms with E-state index in [9.17, 15) is 0 Å². The highest BCUT2D eigenvalue weighted by Crippen LogP contribution is 2.41. The molecule has 3 atom stereocenters. The fourth-order valence-corrected chi connectivity index (χ4v) is 3.31. The summed E-state index contributed by atoms with van der Waals surface area (Å²) >= 11 is 0. The van der Waals surface area contributed by atoms with E-state index >= 15 is 0 Å². The lowest BCUT2D eigenvalue weighted by atomic mass is 9.68. The minimum Gasteiger partial charge on any atom is -0.385 e. The zero-order valence-electron chi connectivity index (χ0n) is 14.9. The van der Waals surface area contributed by atoms with Crippen molar-refractivity contribution in [3.63, 3.8) is 0 Å². The first-order valence-electron chi connectivity index (χ1n) is 8.89. The summed E-state index contributed by atoms with van der Waals surface area (Å²) in [4.78, 5) is 0. The van der Waals surface area contributed by atoms with E-state index in [4.69, 9.17) is 9.47 Å². The first-order chi connectivity index (χ1) is 10.0. The van der Waals surface area contributed by atoms with Gasteiger partial charge in [0.2, 0.25) is 0 Å². The molecule has 1 saturated carbocycles. The third-order valence-corrected chi connectivity index (χ3v) is 5.29. The van der Waals surface area contributed by atoms with Crippen molar-refractivity contribution < 1.29 is 9.47 Å². The topological polar surface area (TPSA) is 30.5 Å². The quantitative estimate of drug-likeness (QED) is 0.618. The minimum atomic E-state index is 0.373. The molecule has 126 valence electrons. The van der Waals surface area contributed by atoms with Gasteiger partial charge in [-0.05, 0) is 50.0 Å². The van der Waals surface area contributed by atoms with Crippen molar-refractivity contribution >= 4 is 0 Å². The molecule has 1 N–H and O–H groups in total. The monoisotopic (exact) mass is 299 g/mol. The second-order valence-corrected chi connectivity index (χ2v) is 7.17. The highest BCUT2D eigenvalue weighted by molar-refractivity contribution is 4.90. The Morgan fingerprint density at radius 1 is 1.14 bits per heavy atom. The summed E-state index contributed by atoms with van der Waals surface area (Å²) in [7, 11) is 1.76. The Bertz CT molecular complexity index is 268. The molecular formula is C18H37NO2. The molecule has 0 saturated heterocycles. The van der Waals surface area contributed by atoms with Crippen LogP contribution < -0.4 is 5.32 Å². The molecule has 0 aromatic carbocycles. The molecule has 0 spiro atoms. The van der Waals surface area contributed by atoms with Crippen LogP contribution in [-0.4, -0.2) is 39.0 Å². The van der Waals surface area contributed by atoms with E-state index in [1.807, 2.05) is 0 Å². The lowest BCUT2D eigenvalue weighted by Crippen LogP contribution is -2.48. The molecular weight excluding hydrogens is 262 g/mol. The number of hydrogen-bond donors (Lipinski definition) is 1. The van der Waals surface area contributed by atoms with Crippen molar-refractivity contribution in [2.24, 2.45) is 11.3 Å². The van der Waals surface area contributed by atoms with Gasteiger partial charge in [-0.3, -0.25) is 0 Å². The maximum atomic E-state index is 6.22. The van der Waals surface area contributed by atoms with Gasteiger partial charge in [0, 0.05) is 26.4 Å². The van der Waals surface area contributed by atoms with Gasteiger partial charge in [-0.2, -0.15) is 0 Å². The molecule has 0 bridgehead atoms. The van der Waals surface area contributed by atoms with Crippen LogP contribution in [-0.2, 0) is 9.47 Å². The summed E-state index contributed by atoms with van der Waals surface area (Å²) in [6.07, 6.45) is 7.60. The van der Waals surface area contributed by atoms with Crippen LogP contribution in [0.15, 0.2) is 0 Å². The van der Waals surface area contributed by atoms with Crippen LogP contribution in [0.3, 0.4) is 0 Å². The van der Waals surface area contributed by atoms with Crippen LogP contribution in [0.5, 0.6) is 0 Å². The molecule has 1 fully saturated rings. The number of ether oxygens (including phenoxy) is 2. The summed E-state index contributed by atoms with van der Waals surface area (Å²) < 4.78 is 11.3. The molecule has 0 amide bonds. The molecule has 1 aliphatic rings. The largest absolute Gasteiger partial charge is 0.385 e. The van der Waals surface area contributed by atoms with Gasteiger partial charge in [-0.25, -0.2) is 0 Å². The Morgan fingerprint density at radius 2 is 1.90 bits per heavy atom. The fraction of sp³-hybridized carbons (Fsp3) is 1.00. The molecule has 3 heteroatoms. The van der Waals surface area contributed by atoms with Crippen molar-refractivity contribution in [2.75, 3.05) is 26.9 Å². The molecule has 1 aliphatic carbocycles. The third kappa shape index (κ3) is 6.25. The molecule has 0 aromatic rings. The summed E-state index contributed by atoms with van der Waals surface area (Å²) in [5.74, 6) is 0.787. The van der Waals surface area contributed by atoms with Crippen LogP contribution in [0.1, 0.15) is 66.2 Å². The molecule has 3 unspecified atom stereocenters. The molecule has 0 aromatic heterocycles. The van der Waals surface area contributed by atoms with Crippen LogP contribution >= 0.6 is 0 Å². The molecule has 21 heavy (non-hydrogen) atoms. The molecule has 0 heterocycles. The predicted octanol–water partition coefficient (Wildman–Crippen LogP) is 4.01. The van der Waals surface area contributed by atoms with E-state index in [-0.39, 0.29) is 0 Å². The van der Waals surface area contributed by atoms with Gasteiger partial charge in [0.1, 0.15) is 0 Å². The normalized spacial score (nSPS) is 27.0. The fourth-order valence-electron chi connectivity index (χ4n) is 3.31. The summed E-state index contributed by atoms with van der Waals surface area (Å²) in [6, 6.07) is 0.538. The predicted molar refractivity (Wildman–Crippen MR) is 89.7 cm³/mol. The van der Waals surface area contributed by atoms with E-state index in [0.717, 1.165) is 32.1 Å². The Kier molecular flexibility index (Phi) is 8.84. The Hall–Kier alpha value is -0.120. The second-order valence-electron chi connectivity index (χ2n) is 7.17. The first-order valence-corrected chi connectivity index (χ1v) is 8.89. The molecule has 1 rings (SSSR count). The standard InChI is InChI=1S/C18H37NO2/c1-6-11-19-16-10-9-15(18(3,4)7-2)14-17(16)21-13-8-12-20-5/h15-17,19H,6-14H2,1-5H3. The highest BCUT2D eigenvalue weighted by Gasteiger charge is 2.37. The van der Waals surface area contributed by atoms with E-state index in [1.165, 1.54) is 32.1 Å². The Morgan fingerprint density at radius 3 is 2.52 bits per heavy atom. The van der Waals surface area contributed by atoms with Gasteiger partial charge in [0.25, 0.3) is 0 Å². The number of rotatable bonds is 10. The summed E-state index contributed by atoms with van der Waals surface area (Å²) in [5.41, 5.74) is 0.434. The number of methoxy groups -OCH3 is 1. The van der Waals surface area contributed by atoms with Gasteiger partial charge in [-0.15, -0.1) is 0 Å². The molecule has 3 nitrogen and oxygen atoms in total. The van der Waals surface area contributed by atoms with Crippen LogP contribution in [0, 0.1) is 11.3 Å². The second kappa shape index (κ2) is 9.81. The smallest absolute Gasteiger partial charge is 0.0730 e. The van der Waals surface area contributed by atoms with Crippen LogP contribution in [0.4, 0.5) is 0 Å². The van der Waals surface area contributed by atoms with E-state index < -0.39 is 0 Å². The first kappa shape index (κ1) is 18.9. The Balaban J connectivity index is 2.54. The van der Waals surface area contributed by atoms with Gasteiger partial charge in [0.05, 0.1) is 6.10 Å². The summed E-state index contributed by atoms with van der Waals surface area (Å²) in [6.45, 7) is 12.1. The number of nitrogens with one attached hydrogen (secondary N) is 1. The lowest BCUT2D eigenvalue weighted by Gasteiger charge is -2.43. The maximum Gasteiger partial charge on any atom is 0.0730 e. The third-order valence-electron chi connectivity index (χ3n) is 5.29. The van der Waals surface area contributed by atoms with E-state index in [2.05, 4.69) is 33.0 Å². The highest BCUT2D eigenvalue weighted by atomic mass is 16.5. The van der Waals surface area contributed by atoms with Gasteiger partial charge in [0.15, 0.2) is 0 Å². The van der Waals surface area contributed by atoms with Crippen molar-refractivity contribution in [3.05, 3.63) is 0 Å². The zero-order valence-corrected chi connectivity index (χ0v) is 14.9. The van der Waals surface area contributed by atoms with Gasteiger partial charge >= 0.3 is 0 Å². The summed E-state index contributed by atoms with van der Waals surface area (Å²) in [5, 5.41) is 3.70. The Labute approximate surface area is 132 Å². The average molecular weight is 299 g/mol. The van der Waals surface area contributed by atoms with E-state index in [1.54, 1.807) is 7.11 Å². The van der Waals surface area contributed by atoms with Gasteiger partial charge in [-0.1, -0.05) is 34.1 Å². The van der Waals surface area contributed by atoms with E-state index in [0.29, 0.717) is 17.6 Å².